The number of thioether (sulfide) groups is 1. The lowest BCUT2D eigenvalue weighted by Crippen LogP contribution is -2.28. The number of halogens is 1. The number of nitrogen functional groups attached to an aromatic ring is 1. The minimum atomic E-state index is 0.0159. The van der Waals surface area contributed by atoms with Crippen molar-refractivity contribution < 1.29 is 4.79 Å². The van der Waals surface area contributed by atoms with Crippen molar-refractivity contribution in [1.29, 1.82) is 0 Å². The zero-order valence-corrected chi connectivity index (χ0v) is 11.6. The molecule has 17 heavy (non-hydrogen) atoms. The van der Waals surface area contributed by atoms with Crippen molar-refractivity contribution in [2.45, 2.75) is 18.7 Å². The van der Waals surface area contributed by atoms with Crippen LogP contribution in [-0.4, -0.2) is 18.2 Å². The van der Waals surface area contributed by atoms with Gasteiger partial charge in [-0.25, -0.2) is 0 Å². The molecule has 1 amide bonds. The smallest absolute Gasteiger partial charge is 0.230 e. The van der Waals surface area contributed by atoms with Crippen molar-refractivity contribution in [2.75, 3.05) is 18.0 Å². The maximum absolute atomic E-state index is 11.5. The van der Waals surface area contributed by atoms with Gasteiger partial charge in [-0.2, -0.15) is 0 Å². The summed E-state index contributed by atoms with van der Waals surface area (Å²) in [7, 11) is 0. The van der Waals surface area contributed by atoms with E-state index in [1.807, 2.05) is 0 Å². The molecular formula is C12H17ClN2OS. The normalized spacial score (nSPS) is 10.6. The van der Waals surface area contributed by atoms with E-state index in [-0.39, 0.29) is 5.91 Å². The Balaban J connectivity index is 2.44. The predicted octanol–water partition coefficient (Wildman–Crippen LogP) is 2.79. The average molecular weight is 273 g/mol. The van der Waals surface area contributed by atoms with Crippen LogP contribution in [0.2, 0.25) is 5.02 Å². The van der Waals surface area contributed by atoms with E-state index in [2.05, 4.69) is 19.2 Å². The minimum Gasteiger partial charge on any atom is -0.399 e. The molecule has 0 heterocycles. The second-order valence-corrected chi connectivity index (χ2v) is 5.60. The molecule has 0 aromatic heterocycles. The number of nitrogens with two attached hydrogens (primary N) is 1. The van der Waals surface area contributed by atoms with Crippen LogP contribution in [0.4, 0.5) is 5.69 Å². The van der Waals surface area contributed by atoms with Crippen molar-refractivity contribution in [1.82, 2.24) is 5.32 Å². The summed E-state index contributed by atoms with van der Waals surface area (Å²) < 4.78 is 0. The predicted molar refractivity (Wildman–Crippen MR) is 74.4 cm³/mol. The molecule has 0 aliphatic carbocycles. The topological polar surface area (TPSA) is 55.1 Å². The fraction of sp³-hybridized carbons (Fsp3) is 0.417. The standard InChI is InChI=1S/C12H17ClN2OS/c1-8(2)6-15-12(16)7-17-11-5-9(14)3-4-10(11)13/h3-5,8H,6-7,14H2,1-2H3,(H,15,16). The first-order chi connectivity index (χ1) is 7.99. The summed E-state index contributed by atoms with van der Waals surface area (Å²) in [6.45, 7) is 4.81. The Morgan fingerprint density at radius 3 is 2.88 bits per heavy atom. The molecule has 5 heteroatoms. The van der Waals surface area contributed by atoms with Gasteiger partial charge in [0.1, 0.15) is 0 Å². The molecule has 3 N–H and O–H groups in total. The Morgan fingerprint density at radius 2 is 2.24 bits per heavy atom. The van der Waals surface area contributed by atoms with Gasteiger partial charge < -0.3 is 11.1 Å². The summed E-state index contributed by atoms with van der Waals surface area (Å²) >= 11 is 7.40. The first-order valence-corrected chi connectivity index (χ1v) is 6.80. The lowest BCUT2D eigenvalue weighted by atomic mass is 10.2. The third kappa shape index (κ3) is 5.33. The van der Waals surface area contributed by atoms with Crippen LogP contribution < -0.4 is 11.1 Å². The van der Waals surface area contributed by atoms with Gasteiger partial charge in [0.05, 0.1) is 10.8 Å². The Hall–Kier alpha value is -0.870. The zero-order chi connectivity index (χ0) is 12.8. The highest BCUT2D eigenvalue weighted by molar-refractivity contribution is 8.00. The van der Waals surface area contributed by atoms with E-state index in [9.17, 15) is 4.79 Å². The van der Waals surface area contributed by atoms with Gasteiger partial charge in [0.15, 0.2) is 0 Å². The third-order valence-electron chi connectivity index (χ3n) is 2.02. The lowest BCUT2D eigenvalue weighted by molar-refractivity contribution is -0.118. The average Bonchev–Trinajstić information content (AvgIpc) is 2.27. The van der Waals surface area contributed by atoms with Crippen LogP contribution in [0.25, 0.3) is 0 Å². The second kappa shape index (κ2) is 6.77. The molecule has 0 saturated heterocycles. The number of hydrogen-bond donors (Lipinski definition) is 2. The van der Waals surface area contributed by atoms with Gasteiger partial charge in [-0.3, -0.25) is 4.79 Å². The highest BCUT2D eigenvalue weighted by Gasteiger charge is 2.06. The molecular weight excluding hydrogens is 256 g/mol. The maximum atomic E-state index is 11.5. The molecule has 0 saturated carbocycles. The first kappa shape index (κ1) is 14.2. The molecule has 1 rings (SSSR count). The second-order valence-electron chi connectivity index (χ2n) is 4.18. The molecule has 3 nitrogen and oxygen atoms in total. The van der Waals surface area contributed by atoms with Crippen LogP contribution in [-0.2, 0) is 4.79 Å². The third-order valence-corrected chi connectivity index (χ3v) is 3.52. The van der Waals surface area contributed by atoms with Crippen molar-refractivity contribution in [3.8, 4) is 0 Å². The molecule has 0 aliphatic rings. The molecule has 0 spiro atoms. The van der Waals surface area contributed by atoms with E-state index in [1.165, 1.54) is 11.8 Å². The number of carbonyl (C=O) groups excluding carboxylic acids is 1. The van der Waals surface area contributed by atoms with E-state index < -0.39 is 0 Å². The quantitative estimate of drug-likeness (QED) is 0.640. The van der Waals surface area contributed by atoms with Gasteiger partial charge in [0.25, 0.3) is 0 Å². The Morgan fingerprint density at radius 1 is 1.53 bits per heavy atom. The highest BCUT2D eigenvalue weighted by atomic mass is 35.5. The van der Waals surface area contributed by atoms with Gasteiger partial charge >= 0.3 is 0 Å². The number of carbonyl (C=O) groups is 1. The Kier molecular flexibility index (Phi) is 5.65. The van der Waals surface area contributed by atoms with Crippen molar-refractivity contribution in [3.05, 3.63) is 23.2 Å². The van der Waals surface area contributed by atoms with E-state index >= 15 is 0 Å². The molecule has 1 aromatic carbocycles. The summed E-state index contributed by atoms with van der Waals surface area (Å²) in [5.41, 5.74) is 6.31. The van der Waals surface area contributed by atoms with Gasteiger partial charge in [-0.15, -0.1) is 11.8 Å². The minimum absolute atomic E-state index is 0.0159. The molecule has 0 unspecified atom stereocenters. The van der Waals surface area contributed by atoms with Crippen LogP contribution in [0.5, 0.6) is 0 Å². The lowest BCUT2D eigenvalue weighted by Gasteiger charge is -2.08. The molecule has 0 atom stereocenters. The summed E-state index contributed by atoms with van der Waals surface area (Å²) in [6.07, 6.45) is 0. The van der Waals surface area contributed by atoms with Crippen LogP contribution in [0.15, 0.2) is 23.1 Å². The molecule has 0 bridgehead atoms. The largest absolute Gasteiger partial charge is 0.399 e. The fourth-order valence-electron chi connectivity index (χ4n) is 1.14. The molecule has 0 fully saturated rings. The first-order valence-electron chi connectivity index (χ1n) is 5.43. The molecule has 0 radical (unpaired) electrons. The Bertz CT molecular complexity index is 396. The number of nitrogens with one attached hydrogen (secondary N) is 1. The van der Waals surface area contributed by atoms with Crippen LogP contribution in [0.3, 0.4) is 0 Å². The summed E-state index contributed by atoms with van der Waals surface area (Å²) in [5, 5.41) is 3.48. The zero-order valence-electron chi connectivity index (χ0n) is 10.00. The number of benzene rings is 1. The number of rotatable bonds is 5. The van der Waals surface area contributed by atoms with Gasteiger partial charge in [-0.1, -0.05) is 25.4 Å². The van der Waals surface area contributed by atoms with Gasteiger partial charge in [-0.05, 0) is 24.1 Å². The van der Waals surface area contributed by atoms with Crippen molar-refractivity contribution in [3.63, 3.8) is 0 Å². The monoisotopic (exact) mass is 272 g/mol. The molecule has 94 valence electrons. The van der Waals surface area contributed by atoms with E-state index in [0.29, 0.717) is 28.9 Å². The molecule has 0 aliphatic heterocycles. The number of anilines is 1. The van der Waals surface area contributed by atoms with Crippen molar-refractivity contribution in [2.24, 2.45) is 5.92 Å². The summed E-state index contributed by atoms with van der Waals surface area (Å²) in [4.78, 5) is 12.3. The number of amides is 1. The SMILES string of the molecule is CC(C)CNC(=O)CSc1cc(N)ccc1Cl. The van der Waals surface area contributed by atoms with Gasteiger partial charge in [0, 0.05) is 17.1 Å². The summed E-state index contributed by atoms with van der Waals surface area (Å²) in [5.74, 6) is 0.831. The Labute approximate surface area is 111 Å². The van der Waals surface area contributed by atoms with Gasteiger partial charge in [0.2, 0.25) is 5.91 Å². The maximum Gasteiger partial charge on any atom is 0.230 e. The van der Waals surface area contributed by atoms with Crippen LogP contribution in [0.1, 0.15) is 13.8 Å². The van der Waals surface area contributed by atoms with Crippen LogP contribution in [0, 0.1) is 5.92 Å². The van der Waals surface area contributed by atoms with E-state index in [1.54, 1.807) is 18.2 Å². The highest BCUT2D eigenvalue weighted by Crippen LogP contribution is 2.28. The van der Waals surface area contributed by atoms with E-state index in [4.69, 9.17) is 17.3 Å². The fourth-order valence-corrected chi connectivity index (χ4v) is 2.24. The summed E-state index contributed by atoms with van der Waals surface area (Å²) in [6, 6.07) is 5.26. The van der Waals surface area contributed by atoms with Crippen LogP contribution >= 0.6 is 23.4 Å². The number of hydrogen-bond acceptors (Lipinski definition) is 3. The molecule has 1 aromatic rings. The van der Waals surface area contributed by atoms with Crippen molar-refractivity contribution >= 4 is 35.0 Å². The van der Waals surface area contributed by atoms with E-state index in [0.717, 1.165) is 4.90 Å².